The first-order chi connectivity index (χ1) is 7.25. The smallest absolute Gasteiger partial charge is 0.303 e. The first-order valence-electron chi connectivity index (χ1n) is 5.49. The summed E-state index contributed by atoms with van der Waals surface area (Å²) in [5.41, 5.74) is 0. The molecule has 0 saturated heterocycles. The average Bonchev–Trinajstić information content (AvgIpc) is 2.17. The van der Waals surface area contributed by atoms with Gasteiger partial charge in [-0.1, -0.05) is 13.8 Å². The molecular formula is C10H24ClN2O2P. The van der Waals surface area contributed by atoms with E-state index in [2.05, 4.69) is 0 Å². The number of hydrogen-bond donors (Lipinski definition) is 0. The molecule has 0 N–H and O–H groups in total. The molecule has 2 atom stereocenters. The van der Waals surface area contributed by atoms with Gasteiger partial charge in [0.25, 0.3) is 0 Å². The summed E-state index contributed by atoms with van der Waals surface area (Å²) in [5.74, 6) is 0.769. The second-order valence-electron chi connectivity index (χ2n) is 4.46. The van der Waals surface area contributed by atoms with Crippen LogP contribution in [0.15, 0.2) is 0 Å². The number of rotatable bonds is 7. The molecule has 0 radical (unpaired) electrons. The minimum Gasteiger partial charge on any atom is -0.303 e. The fourth-order valence-corrected chi connectivity index (χ4v) is 3.43. The molecule has 0 aliphatic rings. The Hall–Kier alpha value is 0.400. The molecule has 0 saturated carbocycles. The van der Waals surface area contributed by atoms with Crippen LogP contribution in [0.1, 0.15) is 20.8 Å². The molecule has 0 aliphatic heterocycles. The molecule has 6 heteroatoms. The van der Waals surface area contributed by atoms with Crippen molar-refractivity contribution in [3.8, 4) is 0 Å². The van der Waals surface area contributed by atoms with Gasteiger partial charge in [-0.25, -0.2) is 9.34 Å². The SMILES string of the molecule is CC(C)C(C)OP(=O)(N(C)C)N(C)CCCl. The summed E-state index contributed by atoms with van der Waals surface area (Å²) in [7, 11) is 2.37. The lowest BCUT2D eigenvalue weighted by molar-refractivity contribution is 0.138. The lowest BCUT2D eigenvalue weighted by atomic mass is 10.1. The summed E-state index contributed by atoms with van der Waals surface area (Å²) < 4.78 is 21.7. The molecule has 0 bridgehead atoms. The van der Waals surface area contributed by atoms with Crippen LogP contribution in [0.25, 0.3) is 0 Å². The van der Waals surface area contributed by atoms with Crippen LogP contribution in [0.2, 0.25) is 0 Å². The van der Waals surface area contributed by atoms with Crippen molar-refractivity contribution in [1.82, 2.24) is 9.34 Å². The highest BCUT2D eigenvalue weighted by Crippen LogP contribution is 2.52. The number of nitrogens with zero attached hydrogens (tertiary/aromatic N) is 2. The Kier molecular flexibility index (Phi) is 7.15. The zero-order valence-corrected chi connectivity index (χ0v) is 12.8. The molecule has 98 valence electrons. The summed E-state index contributed by atoms with van der Waals surface area (Å²) in [4.78, 5) is 0. The van der Waals surface area contributed by atoms with Gasteiger partial charge in [0.1, 0.15) is 0 Å². The number of alkyl halides is 1. The summed E-state index contributed by atoms with van der Waals surface area (Å²) >= 11 is 5.67. The maximum Gasteiger partial charge on any atom is 0.345 e. The maximum atomic E-state index is 12.7. The van der Waals surface area contributed by atoms with Gasteiger partial charge in [0.15, 0.2) is 0 Å². The van der Waals surface area contributed by atoms with Crippen molar-refractivity contribution in [1.29, 1.82) is 0 Å². The molecule has 16 heavy (non-hydrogen) atoms. The minimum atomic E-state index is -2.93. The molecule has 0 aromatic heterocycles. The number of hydrogen-bond acceptors (Lipinski definition) is 2. The van der Waals surface area contributed by atoms with Crippen molar-refractivity contribution in [3.63, 3.8) is 0 Å². The van der Waals surface area contributed by atoms with E-state index in [1.165, 1.54) is 0 Å². The van der Waals surface area contributed by atoms with Gasteiger partial charge in [0, 0.05) is 12.4 Å². The fraction of sp³-hybridized carbons (Fsp3) is 1.00. The highest BCUT2D eigenvalue weighted by Gasteiger charge is 2.34. The van der Waals surface area contributed by atoms with Crippen molar-refractivity contribution in [3.05, 3.63) is 0 Å². The van der Waals surface area contributed by atoms with Crippen LogP contribution < -0.4 is 0 Å². The van der Waals surface area contributed by atoms with E-state index in [9.17, 15) is 4.57 Å². The van der Waals surface area contributed by atoms with Crippen molar-refractivity contribution in [2.45, 2.75) is 26.9 Å². The van der Waals surface area contributed by atoms with Gasteiger partial charge in [-0.3, -0.25) is 4.57 Å². The largest absolute Gasteiger partial charge is 0.345 e. The summed E-state index contributed by atoms with van der Waals surface area (Å²) in [6, 6.07) is 0. The molecule has 0 fully saturated rings. The van der Waals surface area contributed by atoms with E-state index in [0.29, 0.717) is 18.3 Å². The molecule has 0 rings (SSSR count). The first-order valence-corrected chi connectivity index (χ1v) is 7.56. The summed E-state index contributed by atoms with van der Waals surface area (Å²) in [5, 5.41) is 0. The molecular weight excluding hydrogens is 247 g/mol. The Morgan fingerprint density at radius 2 is 1.75 bits per heavy atom. The quantitative estimate of drug-likeness (QED) is 0.526. The Labute approximate surface area is 104 Å². The van der Waals surface area contributed by atoms with Gasteiger partial charge in [-0.05, 0) is 34.0 Å². The van der Waals surface area contributed by atoms with Crippen molar-refractivity contribution < 1.29 is 9.09 Å². The fourth-order valence-electron chi connectivity index (χ4n) is 1.07. The second kappa shape index (κ2) is 6.97. The minimum absolute atomic E-state index is 0.0500. The van der Waals surface area contributed by atoms with Gasteiger partial charge >= 0.3 is 7.67 Å². The van der Waals surface area contributed by atoms with Crippen LogP contribution in [0, 0.1) is 5.92 Å². The van der Waals surface area contributed by atoms with Gasteiger partial charge < -0.3 is 4.52 Å². The van der Waals surface area contributed by atoms with Crippen molar-refractivity contribution in [2.24, 2.45) is 5.92 Å². The molecule has 0 heterocycles. The molecule has 0 aromatic rings. The molecule has 0 spiro atoms. The van der Waals surface area contributed by atoms with Crippen LogP contribution in [0.4, 0.5) is 0 Å². The van der Waals surface area contributed by atoms with Crippen LogP contribution in [-0.4, -0.2) is 49.0 Å². The standard InChI is InChI=1S/C10H24ClN2O2P/c1-9(2)10(3)15-16(14,12(4)5)13(6)8-7-11/h9-10H,7-8H2,1-6H3. The van der Waals surface area contributed by atoms with Crippen molar-refractivity contribution >= 4 is 19.3 Å². The van der Waals surface area contributed by atoms with Crippen LogP contribution >= 0.6 is 19.3 Å². The normalized spacial score (nSPS) is 18.1. The van der Waals surface area contributed by atoms with E-state index in [1.54, 1.807) is 30.5 Å². The van der Waals surface area contributed by atoms with E-state index >= 15 is 0 Å². The third kappa shape index (κ3) is 4.34. The Morgan fingerprint density at radius 3 is 2.06 bits per heavy atom. The topological polar surface area (TPSA) is 32.8 Å². The van der Waals surface area contributed by atoms with E-state index in [4.69, 9.17) is 16.1 Å². The number of halogens is 1. The van der Waals surface area contributed by atoms with Crippen LogP contribution in [-0.2, 0) is 9.09 Å². The first kappa shape index (κ1) is 16.4. The third-order valence-corrected chi connectivity index (χ3v) is 5.44. The molecule has 0 aliphatic carbocycles. The summed E-state index contributed by atoms with van der Waals surface area (Å²) in [6.07, 6.45) is -0.0500. The zero-order valence-electron chi connectivity index (χ0n) is 11.1. The highest BCUT2D eigenvalue weighted by atomic mass is 35.5. The summed E-state index contributed by atoms with van der Waals surface area (Å²) in [6.45, 7) is 6.58. The van der Waals surface area contributed by atoms with Gasteiger partial charge in [0.05, 0.1) is 6.10 Å². The Balaban J connectivity index is 4.77. The highest BCUT2D eigenvalue weighted by molar-refractivity contribution is 7.53. The monoisotopic (exact) mass is 270 g/mol. The molecule has 4 nitrogen and oxygen atoms in total. The van der Waals surface area contributed by atoms with Gasteiger partial charge in [-0.15, -0.1) is 11.6 Å². The van der Waals surface area contributed by atoms with E-state index in [-0.39, 0.29) is 6.10 Å². The molecule has 0 amide bonds. The average molecular weight is 271 g/mol. The lowest BCUT2D eigenvalue weighted by Crippen LogP contribution is -2.30. The second-order valence-corrected chi connectivity index (χ2v) is 7.52. The zero-order chi connectivity index (χ0) is 12.9. The predicted octanol–water partition coefficient (Wildman–Crippen LogP) is 2.89. The van der Waals surface area contributed by atoms with E-state index in [1.807, 2.05) is 20.8 Å². The molecule has 0 aromatic carbocycles. The Morgan fingerprint density at radius 1 is 1.25 bits per heavy atom. The van der Waals surface area contributed by atoms with E-state index < -0.39 is 7.67 Å². The van der Waals surface area contributed by atoms with Gasteiger partial charge in [-0.2, -0.15) is 0 Å². The van der Waals surface area contributed by atoms with Crippen LogP contribution in [0.3, 0.4) is 0 Å². The Bertz CT molecular complexity index is 249. The third-order valence-electron chi connectivity index (χ3n) is 2.59. The predicted molar refractivity (Wildman–Crippen MR) is 70.0 cm³/mol. The lowest BCUT2D eigenvalue weighted by Gasteiger charge is -2.34. The van der Waals surface area contributed by atoms with Crippen molar-refractivity contribution in [2.75, 3.05) is 33.6 Å². The van der Waals surface area contributed by atoms with Gasteiger partial charge in [0.2, 0.25) is 0 Å². The maximum absolute atomic E-state index is 12.7. The van der Waals surface area contributed by atoms with E-state index in [0.717, 1.165) is 0 Å². The molecule has 2 unspecified atom stereocenters. The van der Waals surface area contributed by atoms with Crippen LogP contribution in [0.5, 0.6) is 0 Å².